The highest BCUT2D eigenvalue weighted by molar-refractivity contribution is 7.89. The largest absolute Gasteiger partial charge is 0.311 e. The molecule has 1 amide bonds. The molecule has 1 saturated heterocycles. The maximum absolute atomic E-state index is 13.0. The van der Waals surface area contributed by atoms with Gasteiger partial charge in [0, 0.05) is 38.4 Å². The monoisotopic (exact) mass is 441 g/mol. The highest BCUT2D eigenvalue weighted by atomic mass is 32.2. The Morgan fingerprint density at radius 2 is 1.65 bits per heavy atom. The second-order valence-electron chi connectivity index (χ2n) is 8.35. The number of hydrogen-bond donors (Lipinski definition) is 0. The highest BCUT2D eigenvalue weighted by Crippen LogP contribution is 2.27. The minimum Gasteiger partial charge on any atom is -0.311 e. The maximum Gasteiger partial charge on any atom is 0.243 e. The minimum atomic E-state index is -3.49. The molecule has 2 aromatic rings. The molecule has 2 aliphatic rings. The first-order chi connectivity index (χ1) is 15.0. The van der Waals surface area contributed by atoms with Crippen molar-refractivity contribution in [1.29, 1.82) is 0 Å². The molecule has 0 bridgehead atoms. The van der Waals surface area contributed by atoms with E-state index in [1.165, 1.54) is 5.56 Å². The molecule has 6 nitrogen and oxygen atoms in total. The van der Waals surface area contributed by atoms with Gasteiger partial charge in [-0.15, -0.1) is 0 Å². The third-order valence-electron chi connectivity index (χ3n) is 6.20. The Balaban J connectivity index is 1.35. The number of hydrogen-bond acceptors (Lipinski definition) is 4. The number of fused-ring (bicyclic) bond motifs is 1. The molecule has 4 rings (SSSR count). The summed E-state index contributed by atoms with van der Waals surface area (Å²) in [6.45, 7) is 5.12. The molecule has 2 heterocycles. The van der Waals surface area contributed by atoms with E-state index in [0.717, 1.165) is 43.5 Å². The molecule has 2 aliphatic heterocycles. The number of aryl methyl sites for hydroxylation is 2. The summed E-state index contributed by atoms with van der Waals surface area (Å²) >= 11 is 0. The molecular formula is C24H31N3O3S. The molecular weight excluding hydrogens is 410 g/mol. The average Bonchev–Trinajstić information content (AvgIpc) is 2.79. The molecule has 7 heteroatoms. The van der Waals surface area contributed by atoms with Gasteiger partial charge in [-0.25, -0.2) is 8.42 Å². The standard InChI is InChI=1S/C24H31N3O3S/c1-2-6-20-10-12-22(13-11-20)31(29,30)26-17-15-25(16-18-26)19-24(28)27-14-5-8-21-7-3-4-9-23(21)27/h3-4,7,9-13H,2,5-6,8,14-19H2,1H3. The third-order valence-corrected chi connectivity index (χ3v) is 8.11. The first-order valence-electron chi connectivity index (χ1n) is 11.2. The molecule has 0 N–H and O–H groups in total. The minimum absolute atomic E-state index is 0.0926. The number of nitrogens with zero attached hydrogens (tertiary/aromatic N) is 3. The van der Waals surface area contributed by atoms with Gasteiger partial charge in [0.1, 0.15) is 0 Å². The van der Waals surface area contributed by atoms with Gasteiger partial charge in [-0.1, -0.05) is 43.7 Å². The second-order valence-corrected chi connectivity index (χ2v) is 10.3. The topological polar surface area (TPSA) is 60.9 Å². The van der Waals surface area contributed by atoms with Gasteiger partial charge in [-0.05, 0) is 48.6 Å². The fourth-order valence-electron chi connectivity index (χ4n) is 4.46. The van der Waals surface area contributed by atoms with Gasteiger partial charge in [-0.2, -0.15) is 4.31 Å². The van der Waals surface area contributed by atoms with Crippen molar-refractivity contribution < 1.29 is 13.2 Å². The lowest BCUT2D eigenvalue weighted by Crippen LogP contribution is -2.52. The summed E-state index contributed by atoms with van der Waals surface area (Å²) in [5.41, 5.74) is 3.40. The quantitative estimate of drug-likeness (QED) is 0.692. The van der Waals surface area contributed by atoms with Gasteiger partial charge in [0.15, 0.2) is 0 Å². The van der Waals surface area contributed by atoms with Crippen LogP contribution in [0.1, 0.15) is 30.9 Å². The summed E-state index contributed by atoms with van der Waals surface area (Å²) in [5.74, 6) is 0.0926. The summed E-state index contributed by atoms with van der Waals surface area (Å²) in [7, 11) is -3.49. The summed E-state index contributed by atoms with van der Waals surface area (Å²) < 4.78 is 27.5. The Labute approximate surface area is 185 Å². The van der Waals surface area contributed by atoms with E-state index >= 15 is 0 Å². The SMILES string of the molecule is CCCc1ccc(S(=O)(=O)N2CCN(CC(=O)N3CCCc4ccccc43)CC2)cc1. The summed E-state index contributed by atoms with van der Waals surface area (Å²) in [5, 5.41) is 0. The van der Waals surface area contributed by atoms with Crippen LogP contribution in [0.4, 0.5) is 5.69 Å². The Morgan fingerprint density at radius 1 is 0.935 bits per heavy atom. The van der Waals surface area contributed by atoms with Crippen LogP contribution in [-0.2, 0) is 27.7 Å². The number of sulfonamides is 1. The zero-order valence-electron chi connectivity index (χ0n) is 18.2. The lowest BCUT2D eigenvalue weighted by molar-refractivity contribution is -0.120. The maximum atomic E-state index is 13.0. The summed E-state index contributed by atoms with van der Waals surface area (Å²) in [6, 6.07) is 15.3. The zero-order chi connectivity index (χ0) is 21.8. The fourth-order valence-corrected chi connectivity index (χ4v) is 5.89. The highest BCUT2D eigenvalue weighted by Gasteiger charge is 2.30. The van der Waals surface area contributed by atoms with Crippen molar-refractivity contribution in [2.75, 3.05) is 44.2 Å². The van der Waals surface area contributed by atoms with E-state index in [0.29, 0.717) is 37.6 Å². The van der Waals surface area contributed by atoms with Crippen molar-refractivity contribution in [3.05, 3.63) is 59.7 Å². The molecule has 166 valence electrons. The van der Waals surface area contributed by atoms with Crippen LogP contribution in [0.3, 0.4) is 0 Å². The average molecular weight is 442 g/mol. The fraction of sp³-hybridized carbons (Fsp3) is 0.458. The van der Waals surface area contributed by atoms with E-state index in [2.05, 4.69) is 17.9 Å². The second kappa shape index (κ2) is 9.51. The molecule has 0 spiro atoms. The van der Waals surface area contributed by atoms with Gasteiger partial charge in [0.05, 0.1) is 11.4 Å². The number of carbonyl (C=O) groups excluding carboxylic acids is 1. The number of benzene rings is 2. The van der Waals surface area contributed by atoms with Crippen LogP contribution in [0.25, 0.3) is 0 Å². The van der Waals surface area contributed by atoms with Gasteiger partial charge in [0.25, 0.3) is 0 Å². The zero-order valence-corrected chi connectivity index (χ0v) is 19.0. The Hall–Kier alpha value is -2.22. The molecule has 0 atom stereocenters. The van der Waals surface area contributed by atoms with E-state index in [9.17, 15) is 13.2 Å². The van der Waals surface area contributed by atoms with Crippen LogP contribution in [0.2, 0.25) is 0 Å². The number of amides is 1. The number of rotatable bonds is 6. The molecule has 2 aromatic carbocycles. The van der Waals surface area contributed by atoms with E-state index in [4.69, 9.17) is 0 Å². The van der Waals surface area contributed by atoms with Crippen LogP contribution >= 0.6 is 0 Å². The van der Waals surface area contributed by atoms with Crippen LogP contribution in [0.5, 0.6) is 0 Å². The smallest absolute Gasteiger partial charge is 0.243 e. The van der Waals surface area contributed by atoms with E-state index < -0.39 is 10.0 Å². The Bertz CT molecular complexity index is 1010. The van der Waals surface area contributed by atoms with Crippen LogP contribution in [0.15, 0.2) is 53.4 Å². The molecule has 31 heavy (non-hydrogen) atoms. The Morgan fingerprint density at radius 3 is 2.35 bits per heavy atom. The first-order valence-corrected chi connectivity index (χ1v) is 12.6. The van der Waals surface area contributed by atoms with Gasteiger partial charge >= 0.3 is 0 Å². The van der Waals surface area contributed by atoms with Gasteiger partial charge in [0.2, 0.25) is 15.9 Å². The number of anilines is 1. The predicted octanol–water partition coefficient (Wildman–Crippen LogP) is 2.92. The van der Waals surface area contributed by atoms with Crippen LogP contribution < -0.4 is 4.90 Å². The van der Waals surface area contributed by atoms with Crippen molar-refractivity contribution in [1.82, 2.24) is 9.21 Å². The Kier molecular flexibility index (Phi) is 6.74. The predicted molar refractivity (Wildman–Crippen MR) is 123 cm³/mol. The van der Waals surface area contributed by atoms with E-state index in [1.54, 1.807) is 16.4 Å². The van der Waals surface area contributed by atoms with E-state index in [1.807, 2.05) is 35.2 Å². The molecule has 0 saturated carbocycles. The number of piperazine rings is 1. The molecule has 1 fully saturated rings. The van der Waals surface area contributed by atoms with Crippen molar-refractivity contribution in [3.63, 3.8) is 0 Å². The van der Waals surface area contributed by atoms with E-state index in [-0.39, 0.29) is 5.91 Å². The summed E-state index contributed by atoms with van der Waals surface area (Å²) in [6.07, 6.45) is 3.98. The molecule has 0 aliphatic carbocycles. The lowest BCUT2D eigenvalue weighted by Gasteiger charge is -2.36. The third kappa shape index (κ3) is 4.84. The molecule has 0 radical (unpaired) electrons. The van der Waals surface area contributed by atoms with Crippen molar-refractivity contribution in [2.45, 2.75) is 37.5 Å². The van der Waals surface area contributed by atoms with Gasteiger partial charge < -0.3 is 4.90 Å². The number of carbonyl (C=O) groups is 1. The summed E-state index contributed by atoms with van der Waals surface area (Å²) in [4.78, 5) is 17.3. The molecule has 0 aromatic heterocycles. The number of para-hydroxylation sites is 1. The van der Waals surface area contributed by atoms with Crippen molar-refractivity contribution in [2.24, 2.45) is 0 Å². The normalized spacial score (nSPS) is 18.0. The van der Waals surface area contributed by atoms with Crippen molar-refractivity contribution >= 4 is 21.6 Å². The van der Waals surface area contributed by atoms with Gasteiger partial charge in [-0.3, -0.25) is 9.69 Å². The first kappa shape index (κ1) is 22.0. The molecule has 0 unspecified atom stereocenters. The lowest BCUT2D eigenvalue weighted by atomic mass is 10.0. The van der Waals surface area contributed by atoms with Crippen molar-refractivity contribution in [3.8, 4) is 0 Å². The van der Waals surface area contributed by atoms with Crippen LogP contribution in [0, 0.1) is 0 Å². The van der Waals surface area contributed by atoms with Crippen LogP contribution in [-0.4, -0.2) is 62.8 Å².